The fourth-order valence-electron chi connectivity index (χ4n) is 2.34. The van der Waals surface area contributed by atoms with Crippen LogP contribution in [0.1, 0.15) is 12.5 Å². The number of nitrogens with zero attached hydrogens (tertiary/aromatic N) is 1. The van der Waals surface area contributed by atoms with Gasteiger partial charge in [-0.3, -0.25) is 14.2 Å². The Hall–Kier alpha value is -1.92. The minimum absolute atomic E-state index is 0.128. The molecular formula is C15H15NO4S. The van der Waals surface area contributed by atoms with Gasteiger partial charge in [-0.25, -0.2) is 0 Å². The lowest BCUT2D eigenvalue weighted by molar-refractivity contribution is -0.169. The molecule has 1 fully saturated rings. The minimum atomic E-state index is -0.790. The lowest BCUT2D eigenvalue weighted by Crippen LogP contribution is -2.54. The van der Waals surface area contributed by atoms with Crippen molar-refractivity contribution in [3.8, 4) is 5.69 Å². The van der Waals surface area contributed by atoms with Gasteiger partial charge in [0.1, 0.15) is 5.41 Å². The summed E-state index contributed by atoms with van der Waals surface area (Å²) in [6, 6.07) is 5.03. The maximum absolute atomic E-state index is 12.2. The summed E-state index contributed by atoms with van der Waals surface area (Å²) in [5.41, 5.74) is 0.627. The molecule has 0 bridgehead atoms. The number of hydrogen-bond acceptors (Lipinski definition) is 5. The van der Waals surface area contributed by atoms with Crippen LogP contribution in [0.5, 0.6) is 0 Å². The monoisotopic (exact) mass is 305 g/mol. The van der Waals surface area contributed by atoms with E-state index in [0.29, 0.717) is 6.61 Å². The average molecular weight is 305 g/mol. The van der Waals surface area contributed by atoms with E-state index in [4.69, 9.17) is 9.47 Å². The zero-order valence-corrected chi connectivity index (χ0v) is 12.4. The van der Waals surface area contributed by atoms with E-state index in [9.17, 15) is 9.59 Å². The molecule has 0 radical (unpaired) electrons. The molecule has 1 saturated heterocycles. The SMILES string of the molecule is CCOC(=O)C1(c2ccc(=O)n(-c3ccsc3)c2)COC1. The molecular weight excluding hydrogens is 290 g/mol. The third-order valence-corrected chi connectivity index (χ3v) is 4.28. The summed E-state index contributed by atoms with van der Waals surface area (Å²) >= 11 is 1.51. The van der Waals surface area contributed by atoms with E-state index in [1.54, 1.807) is 23.8 Å². The molecule has 110 valence electrons. The van der Waals surface area contributed by atoms with Gasteiger partial charge >= 0.3 is 5.97 Å². The number of carbonyl (C=O) groups is 1. The molecule has 0 atom stereocenters. The standard InChI is InChI=1S/C15H15NO4S/c1-2-20-14(18)15(9-19-10-15)11-3-4-13(17)16(7-11)12-5-6-21-8-12/h3-8H,2,9-10H2,1H3. The highest BCUT2D eigenvalue weighted by atomic mass is 32.1. The van der Waals surface area contributed by atoms with Crippen molar-refractivity contribution in [1.82, 2.24) is 4.57 Å². The number of pyridine rings is 1. The lowest BCUT2D eigenvalue weighted by atomic mass is 9.79. The summed E-state index contributed by atoms with van der Waals surface area (Å²) in [4.78, 5) is 24.3. The maximum atomic E-state index is 12.2. The number of rotatable bonds is 4. The number of hydrogen-bond donors (Lipinski definition) is 0. The molecule has 2 aromatic rings. The third-order valence-electron chi connectivity index (χ3n) is 3.61. The van der Waals surface area contributed by atoms with Crippen molar-refractivity contribution in [3.05, 3.63) is 51.1 Å². The van der Waals surface area contributed by atoms with Crippen LogP contribution in [0.2, 0.25) is 0 Å². The highest BCUT2D eigenvalue weighted by Crippen LogP contribution is 2.33. The van der Waals surface area contributed by atoms with Gasteiger partial charge in [-0.2, -0.15) is 11.3 Å². The Kier molecular flexibility index (Phi) is 3.65. The predicted octanol–water partition coefficient (Wildman–Crippen LogP) is 1.73. The van der Waals surface area contributed by atoms with Gasteiger partial charge in [-0.1, -0.05) is 6.07 Å². The van der Waals surface area contributed by atoms with Crippen LogP contribution in [0.3, 0.4) is 0 Å². The largest absolute Gasteiger partial charge is 0.465 e. The summed E-state index contributed by atoms with van der Waals surface area (Å²) in [5.74, 6) is -0.299. The molecule has 0 aliphatic carbocycles. The van der Waals surface area contributed by atoms with E-state index in [1.807, 2.05) is 16.8 Å². The fourth-order valence-corrected chi connectivity index (χ4v) is 2.97. The number of carbonyl (C=O) groups excluding carboxylic acids is 1. The molecule has 0 saturated carbocycles. The smallest absolute Gasteiger partial charge is 0.321 e. The zero-order chi connectivity index (χ0) is 14.9. The number of thiophene rings is 1. The fraction of sp³-hybridized carbons (Fsp3) is 0.333. The summed E-state index contributed by atoms with van der Waals surface area (Å²) in [6.07, 6.45) is 1.71. The van der Waals surface area contributed by atoms with Crippen LogP contribution in [0.4, 0.5) is 0 Å². The first-order chi connectivity index (χ1) is 10.2. The first-order valence-corrected chi connectivity index (χ1v) is 7.62. The Morgan fingerprint density at radius 3 is 2.81 bits per heavy atom. The zero-order valence-electron chi connectivity index (χ0n) is 11.6. The van der Waals surface area contributed by atoms with Gasteiger partial charge in [0.15, 0.2) is 0 Å². The second kappa shape index (κ2) is 5.46. The summed E-state index contributed by atoms with van der Waals surface area (Å²) < 4.78 is 11.9. The Labute approximate surface area is 125 Å². The van der Waals surface area contributed by atoms with Crippen LogP contribution in [0.25, 0.3) is 5.69 Å². The van der Waals surface area contributed by atoms with Crippen molar-refractivity contribution in [3.63, 3.8) is 0 Å². The van der Waals surface area contributed by atoms with Crippen molar-refractivity contribution in [2.75, 3.05) is 19.8 Å². The van der Waals surface area contributed by atoms with Gasteiger partial charge in [-0.15, -0.1) is 0 Å². The number of esters is 1. The van der Waals surface area contributed by atoms with Crippen LogP contribution in [0.15, 0.2) is 40.0 Å². The van der Waals surface area contributed by atoms with E-state index < -0.39 is 5.41 Å². The van der Waals surface area contributed by atoms with Crippen molar-refractivity contribution in [2.24, 2.45) is 0 Å². The van der Waals surface area contributed by atoms with Crippen LogP contribution in [0, 0.1) is 0 Å². The molecule has 0 aromatic carbocycles. The van der Waals surface area contributed by atoms with E-state index in [-0.39, 0.29) is 24.7 Å². The minimum Gasteiger partial charge on any atom is -0.465 e. The molecule has 0 spiro atoms. The van der Waals surface area contributed by atoms with Gasteiger partial charge in [0.05, 0.1) is 25.5 Å². The summed E-state index contributed by atoms with van der Waals surface area (Å²) in [5, 5.41) is 3.79. The first kappa shape index (κ1) is 14.0. The van der Waals surface area contributed by atoms with Crippen molar-refractivity contribution in [1.29, 1.82) is 0 Å². The molecule has 3 rings (SSSR count). The van der Waals surface area contributed by atoms with E-state index in [0.717, 1.165) is 11.3 Å². The Morgan fingerprint density at radius 2 is 2.24 bits per heavy atom. The Morgan fingerprint density at radius 1 is 1.43 bits per heavy atom. The highest BCUT2D eigenvalue weighted by molar-refractivity contribution is 7.08. The molecule has 0 N–H and O–H groups in total. The van der Waals surface area contributed by atoms with Gasteiger partial charge in [0.25, 0.3) is 5.56 Å². The number of ether oxygens (including phenoxy) is 2. The van der Waals surface area contributed by atoms with Crippen molar-refractivity contribution in [2.45, 2.75) is 12.3 Å². The Balaban J connectivity index is 2.05. The molecule has 1 aliphatic rings. The van der Waals surface area contributed by atoms with Crippen LogP contribution >= 0.6 is 11.3 Å². The quantitative estimate of drug-likeness (QED) is 0.807. The normalized spacial score (nSPS) is 16.2. The van der Waals surface area contributed by atoms with Gasteiger partial charge in [0, 0.05) is 17.6 Å². The van der Waals surface area contributed by atoms with Crippen LogP contribution < -0.4 is 5.56 Å². The molecule has 0 amide bonds. The van der Waals surface area contributed by atoms with Crippen LogP contribution in [-0.4, -0.2) is 30.4 Å². The Bertz CT molecular complexity index is 701. The molecule has 21 heavy (non-hydrogen) atoms. The van der Waals surface area contributed by atoms with Crippen molar-refractivity contribution >= 4 is 17.3 Å². The summed E-state index contributed by atoms with van der Waals surface area (Å²) in [7, 11) is 0. The van der Waals surface area contributed by atoms with Gasteiger partial charge in [0.2, 0.25) is 0 Å². The highest BCUT2D eigenvalue weighted by Gasteiger charge is 2.49. The molecule has 2 aromatic heterocycles. The second-order valence-electron chi connectivity index (χ2n) is 4.90. The molecule has 0 unspecified atom stereocenters. The second-order valence-corrected chi connectivity index (χ2v) is 5.68. The van der Waals surface area contributed by atoms with E-state index >= 15 is 0 Å². The molecule has 1 aliphatic heterocycles. The third kappa shape index (κ3) is 2.30. The summed E-state index contributed by atoms with van der Waals surface area (Å²) in [6.45, 7) is 2.67. The number of aromatic nitrogens is 1. The first-order valence-electron chi connectivity index (χ1n) is 6.68. The average Bonchev–Trinajstić information content (AvgIpc) is 2.93. The van der Waals surface area contributed by atoms with Crippen LogP contribution in [-0.2, 0) is 19.7 Å². The molecule has 5 nitrogen and oxygen atoms in total. The van der Waals surface area contributed by atoms with E-state index in [2.05, 4.69) is 0 Å². The van der Waals surface area contributed by atoms with Gasteiger partial charge < -0.3 is 9.47 Å². The maximum Gasteiger partial charge on any atom is 0.321 e. The predicted molar refractivity (Wildman–Crippen MR) is 79.0 cm³/mol. The molecule has 6 heteroatoms. The lowest BCUT2D eigenvalue weighted by Gasteiger charge is -2.39. The molecule has 3 heterocycles. The van der Waals surface area contributed by atoms with Gasteiger partial charge in [-0.05, 0) is 23.9 Å². The van der Waals surface area contributed by atoms with Crippen molar-refractivity contribution < 1.29 is 14.3 Å². The van der Waals surface area contributed by atoms with E-state index in [1.165, 1.54) is 17.4 Å². The topological polar surface area (TPSA) is 57.5 Å².